The number of amides is 1. The number of carbonyl (C=O) groups excluding carboxylic acids is 2. The summed E-state index contributed by atoms with van der Waals surface area (Å²) in [4.78, 5) is 34.3. The molecular weight excluding hydrogens is 452 g/mol. The minimum atomic E-state index is -1.87. The maximum Gasteiger partial charge on any atom is 0.348 e. The molecule has 0 aliphatic carbocycles. The molecule has 2 N–H and O–H groups in total. The number of hydrogen-bond acceptors (Lipinski definition) is 7. The molecule has 9 heteroatoms. The van der Waals surface area contributed by atoms with E-state index in [0.717, 1.165) is 25.9 Å². The van der Waals surface area contributed by atoms with Crippen molar-refractivity contribution in [3.05, 3.63) is 76.9 Å². The van der Waals surface area contributed by atoms with Gasteiger partial charge in [0.05, 0.1) is 19.3 Å². The van der Waals surface area contributed by atoms with Gasteiger partial charge in [-0.05, 0) is 22.4 Å². The third-order valence-electron chi connectivity index (χ3n) is 7.04. The molecule has 6 rings (SSSR count). The first-order chi connectivity index (χ1) is 16.5. The van der Waals surface area contributed by atoms with E-state index in [0.29, 0.717) is 28.0 Å². The van der Waals surface area contributed by atoms with Gasteiger partial charge in [-0.1, -0.05) is 30.3 Å². The van der Waals surface area contributed by atoms with Crippen molar-refractivity contribution in [2.24, 2.45) is 5.92 Å². The van der Waals surface area contributed by atoms with Gasteiger partial charge >= 0.3 is 5.97 Å². The van der Waals surface area contributed by atoms with E-state index in [-0.39, 0.29) is 24.5 Å². The first kappa shape index (κ1) is 22.6. The molecule has 2 atom stereocenters. The molecular formula is C25H27N4O4S+. The summed E-state index contributed by atoms with van der Waals surface area (Å²) in [6.07, 6.45) is 5.99. The molecule has 2 aromatic heterocycles. The van der Waals surface area contributed by atoms with Crippen LogP contribution in [-0.2, 0) is 19.9 Å². The van der Waals surface area contributed by atoms with Crippen molar-refractivity contribution < 1.29 is 23.9 Å². The molecule has 2 bridgehead atoms. The SMILES string of the molecule is O=C(C[N+]12CCC(CC1)[C@@H](OC(=O)C(O)(c1ccccc1)c1ccsc1)C2)Nc1cnccn1. The number of rotatable bonds is 7. The Balaban J connectivity index is 1.32. The van der Waals surface area contributed by atoms with Crippen molar-refractivity contribution >= 4 is 29.0 Å². The fraction of sp³-hybridized carbons (Fsp3) is 0.360. The Kier molecular flexibility index (Phi) is 6.16. The van der Waals surface area contributed by atoms with Crippen LogP contribution < -0.4 is 5.32 Å². The van der Waals surface area contributed by atoms with Crippen LogP contribution in [0.15, 0.2) is 65.7 Å². The number of ether oxygens (including phenoxy) is 1. The third-order valence-corrected chi connectivity index (χ3v) is 7.72. The Morgan fingerprint density at radius 2 is 1.94 bits per heavy atom. The predicted molar refractivity (Wildman–Crippen MR) is 127 cm³/mol. The minimum Gasteiger partial charge on any atom is -0.453 e. The number of hydrogen-bond donors (Lipinski definition) is 2. The summed E-state index contributed by atoms with van der Waals surface area (Å²) >= 11 is 1.42. The van der Waals surface area contributed by atoms with Gasteiger partial charge in [-0.3, -0.25) is 9.78 Å². The number of nitrogens with one attached hydrogen (secondary N) is 1. The minimum absolute atomic E-state index is 0.134. The van der Waals surface area contributed by atoms with Crippen LogP contribution in [0.3, 0.4) is 0 Å². The van der Waals surface area contributed by atoms with Crippen LogP contribution in [0.5, 0.6) is 0 Å². The number of carbonyl (C=O) groups is 2. The number of anilines is 1. The maximum atomic E-state index is 13.5. The van der Waals surface area contributed by atoms with E-state index in [9.17, 15) is 14.7 Å². The molecule has 3 aromatic rings. The topological polar surface area (TPSA) is 101 Å². The van der Waals surface area contributed by atoms with Crippen LogP contribution in [0.1, 0.15) is 24.0 Å². The van der Waals surface area contributed by atoms with Crippen molar-refractivity contribution in [1.82, 2.24) is 9.97 Å². The zero-order chi connectivity index (χ0) is 23.6. The zero-order valence-corrected chi connectivity index (χ0v) is 19.5. The van der Waals surface area contributed by atoms with Crippen LogP contribution >= 0.6 is 11.3 Å². The van der Waals surface area contributed by atoms with Crippen molar-refractivity contribution in [2.45, 2.75) is 24.5 Å². The largest absolute Gasteiger partial charge is 0.453 e. The molecule has 3 aliphatic heterocycles. The normalized spacial score (nSPS) is 25.3. The molecule has 5 heterocycles. The maximum absolute atomic E-state index is 13.5. The highest BCUT2D eigenvalue weighted by Crippen LogP contribution is 2.38. The highest BCUT2D eigenvalue weighted by Gasteiger charge is 2.51. The first-order valence-corrected chi connectivity index (χ1v) is 12.4. The average Bonchev–Trinajstić information content (AvgIpc) is 3.40. The lowest BCUT2D eigenvalue weighted by atomic mass is 9.82. The van der Waals surface area contributed by atoms with E-state index in [4.69, 9.17) is 4.74 Å². The molecule has 0 saturated carbocycles. The van der Waals surface area contributed by atoms with Crippen molar-refractivity contribution in [3.8, 4) is 0 Å². The van der Waals surface area contributed by atoms with Crippen molar-refractivity contribution in [1.29, 1.82) is 0 Å². The van der Waals surface area contributed by atoms with E-state index in [2.05, 4.69) is 15.3 Å². The lowest BCUT2D eigenvalue weighted by molar-refractivity contribution is -0.939. The van der Waals surface area contributed by atoms with E-state index in [1.807, 2.05) is 11.4 Å². The molecule has 1 unspecified atom stereocenters. The van der Waals surface area contributed by atoms with Crippen LogP contribution in [0.25, 0.3) is 0 Å². The summed E-state index contributed by atoms with van der Waals surface area (Å²) in [6, 6.07) is 10.7. The second-order valence-corrected chi connectivity index (χ2v) is 9.92. The van der Waals surface area contributed by atoms with Gasteiger partial charge < -0.3 is 19.6 Å². The number of thiophene rings is 1. The van der Waals surface area contributed by atoms with Gasteiger partial charge in [0.15, 0.2) is 18.5 Å². The first-order valence-electron chi connectivity index (χ1n) is 11.4. The molecule has 0 radical (unpaired) electrons. The molecule has 1 aromatic carbocycles. The second-order valence-electron chi connectivity index (χ2n) is 9.14. The summed E-state index contributed by atoms with van der Waals surface area (Å²) in [5.74, 6) is -0.151. The number of benzene rings is 1. The second kappa shape index (κ2) is 9.25. The Bertz CT molecular complexity index is 1130. The average molecular weight is 480 g/mol. The van der Waals surface area contributed by atoms with Crippen LogP contribution in [0, 0.1) is 5.92 Å². The molecule has 3 aliphatic rings. The highest BCUT2D eigenvalue weighted by molar-refractivity contribution is 7.08. The zero-order valence-electron chi connectivity index (χ0n) is 18.7. The smallest absolute Gasteiger partial charge is 0.348 e. The highest BCUT2D eigenvalue weighted by atomic mass is 32.1. The molecule has 34 heavy (non-hydrogen) atoms. The van der Waals surface area contributed by atoms with Crippen molar-refractivity contribution in [2.75, 3.05) is 31.5 Å². The molecule has 3 fully saturated rings. The van der Waals surface area contributed by atoms with Crippen LogP contribution in [0.2, 0.25) is 0 Å². The van der Waals surface area contributed by atoms with Gasteiger partial charge in [0.1, 0.15) is 6.54 Å². The van der Waals surface area contributed by atoms with Gasteiger partial charge in [-0.2, -0.15) is 11.3 Å². The summed E-state index contributed by atoms with van der Waals surface area (Å²) in [5.41, 5.74) is -0.893. The Morgan fingerprint density at radius 1 is 1.15 bits per heavy atom. The number of nitrogens with zero attached hydrogens (tertiary/aromatic N) is 3. The molecule has 0 spiro atoms. The number of aromatic nitrogens is 2. The van der Waals surface area contributed by atoms with E-state index >= 15 is 0 Å². The van der Waals surface area contributed by atoms with E-state index in [1.54, 1.807) is 41.9 Å². The van der Waals surface area contributed by atoms with Gasteiger partial charge in [0, 0.05) is 36.7 Å². The van der Waals surface area contributed by atoms with Gasteiger partial charge in [0.25, 0.3) is 5.91 Å². The Labute approximate surface area is 201 Å². The molecule has 8 nitrogen and oxygen atoms in total. The fourth-order valence-electron chi connectivity index (χ4n) is 5.20. The Hall–Kier alpha value is -3.14. The summed E-state index contributed by atoms with van der Waals surface area (Å²) < 4.78 is 6.60. The monoisotopic (exact) mass is 479 g/mol. The molecule has 176 valence electrons. The van der Waals surface area contributed by atoms with Gasteiger partial charge in [-0.15, -0.1) is 0 Å². The van der Waals surface area contributed by atoms with Gasteiger partial charge in [-0.25, -0.2) is 9.78 Å². The van der Waals surface area contributed by atoms with E-state index in [1.165, 1.54) is 23.7 Å². The van der Waals surface area contributed by atoms with Crippen molar-refractivity contribution in [3.63, 3.8) is 0 Å². The number of piperidine rings is 3. The summed E-state index contributed by atoms with van der Waals surface area (Å²) in [7, 11) is 0. The lowest BCUT2D eigenvalue weighted by Gasteiger charge is -2.51. The Morgan fingerprint density at radius 3 is 2.62 bits per heavy atom. The standard InChI is InChI=1S/C25H26N4O4S/c30-23(28-22-14-26-9-10-27-22)16-29-11-6-18(7-12-29)21(15-29)33-24(31)25(32,20-8-13-34-17-20)19-4-2-1-3-5-19/h1-5,8-10,13-14,17-18,21,32H,6-7,11-12,15-16H2/p+1/t18?,21-,25?,29?/m0/s1. The molecule has 3 saturated heterocycles. The van der Waals surface area contributed by atoms with Gasteiger partial charge in [0.2, 0.25) is 5.60 Å². The summed E-state index contributed by atoms with van der Waals surface area (Å²) in [5, 5.41) is 18.1. The summed E-state index contributed by atoms with van der Waals surface area (Å²) in [6.45, 7) is 2.56. The lowest BCUT2D eigenvalue weighted by Crippen LogP contribution is -2.66. The predicted octanol–water partition coefficient (Wildman–Crippen LogP) is 2.56. The van der Waals surface area contributed by atoms with Crippen LogP contribution in [0.4, 0.5) is 5.82 Å². The number of fused-ring (bicyclic) bond motifs is 3. The van der Waals surface area contributed by atoms with Crippen LogP contribution in [-0.4, -0.2) is 63.7 Å². The number of esters is 1. The van der Waals surface area contributed by atoms with E-state index < -0.39 is 11.6 Å². The quantitative estimate of drug-likeness (QED) is 0.399. The fourth-order valence-corrected chi connectivity index (χ4v) is 5.90. The number of aliphatic hydroxyl groups is 1. The third kappa shape index (κ3) is 4.34. The number of quaternary nitrogens is 1. The molecule has 1 amide bonds.